The van der Waals surface area contributed by atoms with E-state index >= 15 is 0 Å². The maximum absolute atomic E-state index is 12.2. The fourth-order valence-electron chi connectivity index (χ4n) is 2.16. The van der Waals surface area contributed by atoms with Crippen LogP contribution < -0.4 is 10.5 Å². The van der Waals surface area contributed by atoms with Gasteiger partial charge < -0.3 is 5.32 Å². The number of hydrogen-bond donors (Lipinski definition) is 2. The van der Waals surface area contributed by atoms with Crippen molar-refractivity contribution in [1.29, 1.82) is 0 Å². The number of hydrogen-bond acceptors (Lipinski definition) is 7. The van der Waals surface area contributed by atoms with Gasteiger partial charge in [0.05, 0.1) is 11.1 Å². The van der Waals surface area contributed by atoms with Gasteiger partial charge in [0.1, 0.15) is 16.4 Å². The van der Waals surface area contributed by atoms with Gasteiger partial charge in [-0.2, -0.15) is 0 Å². The van der Waals surface area contributed by atoms with E-state index in [0.717, 1.165) is 5.56 Å². The monoisotopic (exact) mass is 389 g/mol. The Labute approximate surface area is 154 Å². The molecule has 0 radical (unpaired) electrons. The topological polar surface area (TPSA) is 128 Å². The lowest BCUT2D eigenvalue weighted by atomic mass is 10.1. The fraction of sp³-hybridized carbons (Fsp3) is 0.125. The average Bonchev–Trinajstić information content (AvgIpc) is 3.12. The molecule has 134 valence electrons. The maximum atomic E-state index is 12.2. The van der Waals surface area contributed by atoms with E-state index in [1.165, 1.54) is 23.5 Å². The summed E-state index contributed by atoms with van der Waals surface area (Å²) >= 11 is 1.32. The molecule has 0 aliphatic carbocycles. The summed E-state index contributed by atoms with van der Waals surface area (Å²) in [6, 6.07) is 6.22. The van der Waals surface area contributed by atoms with E-state index in [1.807, 2.05) is 0 Å². The lowest BCUT2D eigenvalue weighted by molar-refractivity contribution is 0.0950. The molecule has 0 spiro atoms. The molecule has 0 atom stereocenters. The molecule has 0 bridgehead atoms. The first-order valence-corrected chi connectivity index (χ1v) is 9.98. The number of amides is 1. The lowest BCUT2D eigenvalue weighted by Crippen LogP contribution is -2.26. The van der Waals surface area contributed by atoms with Crippen LogP contribution in [0.15, 0.2) is 53.1 Å². The van der Waals surface area contributed by atoms with Crippen LogP contribution in [0.25, 0.3) is 10.7 Å². The molecule has 0 aliphatic heterocycles. The average molecular weight is 389 g/mol. The van der Waals surface area contributed by atoms with Crippen molar-refractivity contribution in [3.63, 3.8) is 0 Å². The predicted octanol–water partition coefficient (Wildman–Crippen LogP) is 1.22. The summed E-state index contributed by atoms with van der Waals surface area (Å²) < 4.78 is 22.4. The molecule has 0 fully saturated rings. The Kier molecular flexibility index (Phi) is 5.35. The molecule has 26 heavy (non-hydrogen) atoms. The van der Waals surface area contributed by atoms with Gasteiger partial charge in [0.25, 0.3) is 5.91 Å². The van der Waals surface area contributed by atoms with Gasteiger partial charge in [-0.25, -0.2) is 18.5 Å². The van der Waals surface area contributed by atoms with Crippen molar-refractivity contribution in [3.8, 4) is 10.7 Å². The Morgan fingerprint density at radius 1 is 1.19 bits per heavy atom. The summed E-state index contributed by atoms with van der Waals surface area (Å²) in [6.07, 6.45) is 5.28. The van der Waals surface area contributed by atoms with Crippen LogP contribution in [0.5, 0.6) is 0 Å². The fourth-order valence-corrected chi connectivity index (χ4v) is 3.44. The third-order valence-corrected chi connectivity index (χ3v) is 5.26. The van der Waals surface area contributed by atoms with E-state index in [0.29, 0.717) is 29.4 Å². The minimum absolute atomic E-state index is 0.0595. The summed E-state index contributed by atoms with van der Waals surface area (Å²) in [5.41, 5.74) is 1.82. The minimum Gasteiger partial charge on any atom is -0.350 e. The molecule has 10 heteroatoms. The molecule has 3 aromatic rings. The van der Waals surface area contributed by atoms with Crippen LogP contribution in [-0.4, -0.2) is 35.8 Å². The Morgan fingerprint density at radius 3 is 2.62 bits per heavy atom. The van der Waals surface area contributed by atoms with Crippen LogP contribution in [0, 0.1) is 0 Å². The molecule has 8 nitrogen and oxygen atoms in total. The molecule has 1 aromatic carbocycles. The number of thiazole rings is 1. The molecule has 2 heterocycles. The van der Waals surface area contributed by atoms with Gasteiger partial charge in [0, 0.05) is 24.3 Å². The molecule has 3 N–H and O–H groups in total. The van der Waals surface area contributed by atoms with Crippen molar-refractivity contribution in [2.75, 3.05) is 6.54 Å². The first kappa shape index (κ1) is 18.1. The van der Waals surface area contributed by atoms with E-state index in [1.54, 1.807) is 36.1 Å². The van der Waals surface area contributed by atoms with Crippen LogP contribution in [0.2, 0.25) is 0 Å². The summed E-state index contributed by atoms with van der Waals surface area (Å²) in [5, 5.41) is 10.1. The van der Waals surface area contributed by atoms with Crippen molar-refractivity contribution in [2.45, 2.75) is 11.3 Å². The molecule has 0 unspecified atom stereocenters. The summed E-state index contributed by atoms with van der Waals surface area (Å²) in [4.78, 5) is 24.6. The van der Waals surface area contributed by atoms with E-state index in [4.69, 9.17) is 5.14 Å². The highest BCUT2D eigenvalue weighted by atomic mass is 32.2. The van der Waals surface area contributed by atoms with Crippen molar-refractivity contribution in [3.05, 3.63) is 59.5 Å². The number of nitrogens with zero attached hydrogens (tertiary/aromatic N) is 3. The van der Waals surface area contributed by atoms with Crippen LogP contribution in [0.1, 0.15) is 16.1 Å². The second kappa shape index (κ2) is 7.68. The minimum atomic E-state index is -3.70. The van der Waals surface area contributed by atoms with Crippen molar-refractivity contribution >= 4 is 27.3 Å². The zero-order valence-corrected chi connectivity index (χ0v) is 15.1. The van der Waals surface area contributed by atoms with Gasteiger partial charge in [0.2, 0.25) is 10.0 Å². The molecule has 1 amide bonds. The summed E-state index contributed by atoms with van der Waals surface area (Å²) in [6.45, 7) is 0.394. The van der Waals surface area contributed by atoms with Gasteiger partial charge in [-0.3, -0.25) is 14.8 Å². The van der Waals surface area contributed by atoms with Crippen LogP contribution in [0.3, 0.4) is 0 Å². The third-order valence-electron chi connectivity index (χ3n) is 3.47. The van der Waals surface area contributed by atoms with Gasteiger partial charge in [0.15, 0.2) is 0 Å². The Bertz CT molecular complexity index is 1000. The standard InChI is InChI=1S/C16H15N5O3S2/c17-26(23,24)12-3-1-11(2-4-12)5-6-20-15(22)14-10-25-16(21-14)13-9-18-7-8-19-13/h1-4,7-10H,5-6H2,(H,20,22)(H2,17,23,24). The number of sulfonamides is 1. The molecule has 0 saturated carbocycles. The highest BCUT2D eigenvalue weighted by Gasteiger charge is 2.12. The third kappa shape index (κ3) is 4.48. The maximum Gasteiger partial charge on any atom is 0.270 e. The second-order valence-corrected chi connectivity index (χ2v) is 7.74. The van der Waals surface area contributed by atoms with Crippen LogP contribution >= 0.6 is 11.3 Å². The lowest BCUT2D eigenvalue weighted by Gasteiger charge is -2.04. The summed E-state index contributed by atoms with van der Waals surface area (Å²) in [7, 11) is -3.70. The first-order valence-electron chi connectivity index (χ1n) is 7.55. The van der Waals surface area contributed by atoms with E-state index in [2.05, 4.69) is 20.3 Å². The molecular formula is C16H15N5O3S2. The number of aromatic nitrogens is 3. The number of nitrogens with two attached hydrogens (primary N) is 1. The SMILES string of the molecule is NS(=O)(=O)c1ccc(CCNC(=O)c2csc(-c3cnccn3)n2)cc1. The highest BCUT2D eigenvalue weighted by Crippen LogP contribution is 2.20. The van der Waals surface area contributed by atoms with Crippen LogP contribution in [0.4, 0.5) is 0 Å². The zero-order chi connectivity index (χ0) is 18.6. The molecule has 0 aliphatic rings. The van der Waals surface area contributed by atoms with Gasteiger partial charge in [-0.05, 0) is 24.1 Å². The number of carbonyl (C=O) groups is 1. The molecule has 3 rings (SSSR count). The Balaban J connectivity index is 1.55. The van der Waals surface area contributed by atoms with Gasteiger partial charge in [-0.1, -0.05) is 12.1 Å². The van der Waals surface area contributed by atoms with Crippen LogP contribution in [-0.2, 0) is 16.4 Å². The number of benzene rings is 1. The summed E-state index contributed by atoms with van der Waals surface area (Å²) in [5.74, 6) is -0.280. The largest absolute Gasteiger partial charge is 0.350 e. The Morgan fingerprint density at radius 2 is 1.96 bits per heavy atom. The highest BCUT2D eigenvalue weighted by molar-refractivity contribution is 7.89. The molecule has 0 saturated heterocycles. The second-order valence-electron chi connectivity index (χ2n) is 5.32. The van der Waals surface area contributed by atoms with Crippen molar-refractivity contribution in [2.24, 2.45) is 5.14 Å². The normalized spacial score (nSPS) is 11.3. The smallest absolute Gasteiger partial charge is 0.270 e. The van der Waals surface area contributed by atoms with Crippen molar-refractivity contribution < 1.29 is 13.2 Å². The number of carbonyl (C=O) groups excluding carboxylic acids is 1. The number of primary sulfonamides is 1. The molecular weight excluding hydrogens is 374 g/mol. The molecule has 2 aromatic heterocycles. The van der Waals surface area contributed by atoms with E-state index in [-0.39, 0.29) is 10.8 Å². The van der Waals surface area contributed by atoms with Gasteiger partial charge >= 0.3 is 0 Å². The van der Waals surface area contributed by atoms with Crippen molar-refractivity contribution in [1.82, 2.24) is 20.3 Å². The van der Waals surface area contributed by atoms with E-state index < -0.39 is 10.0 Å². The number of nitrogens with one attached hydrogen (secondary N) is 1. The van der Waals surface area contributed by atoms with E-state index in [9.17, 15) is 13.2 Å². The quantitative estimate of drug-likeness (QED) is 0.652. The first-order chi connectivity index (χ1) is 12.4. The predicted molar refractivity (Wildman–Crippen MR) is 97.0 cm³/mol. The Hall–Kier alpha value is -2.69. The zero-order valence-electron chi connectivity index (χ0n) is 13.5. The number of rotatable bonds is 6. The van der Waals surface area contributed by atoms with Gasteiger partial charge in [-0.15, -0.1) is 11.3 Å².